The summed E-state index contributed by atoms with van der Waals surface area (Å²) >= 11 is 3.47. The normalized spacial score (nSPS) is 19.5. The number of hydrogen-bond donors (Lipinski definition) is 1. The van der Waals surface area contributed by atoms with E-state index in [9.17, 15) is 4.79 Å². The zero-order valence-electron chi connectivity index (χ0n) is 14.6. The van der Waals surface area contributed by atoms with Crippen molar-refractivity contribution in [2.45, 2.75) is 19.1 Å². The first-order valence-electron chi connectivity index (χ1n) is 8.68. The molecule has 1 N–H and O–H groups in total. The zero-order chi connectivity index (χ0) is 18.1. The summed E-state index contributed by atoms with van der Waals surface area (Å²) in [4.78, 5) is 22.9. The predicted octanol–water partition coefficient (Wildman–Crippen LogP) is 2.86. The van der Waals surface area contributed by atoms with Crippen LogP contribution in [0.3, 0.4) is 0 Å². The minimum Gasteiger partial charge on any atom is -0.369 e. The van der Waals surface area contributed by atoms with E-state index in [1.54, 1.807) is 37.8 Å². The molecule has 0 aromatic carbocycles. The number of nitrogens with one attached hydrogen (secondary N) is 1. The number of rotatable bonds is 5. The number of anilines is 1. The van der Waals surface area contributed by atoms with Gasteiger partial charge in [0.05, 0.1) is 17.4 Å². The van der Waals surface area contributed by atoms with Crippen molar-refractivity contribution in [1.29, 1.82) is 0 Å². The molecular formula is C19H21BrN4O2. The van der Waals surface area contributed by atoms with E-state index in [2.05, 4.69) is 42.2 Å². The molecule has 2 aliphatic rings. The van der Waals surface area contributed by atoms with Crippen LogP contribution < -0.4 is 10.2 Å². The second kappa shape index (κ2) is 6.96. The molecule has 4 rings (SSSR count). The Morgan fingerprint density at radius 3 is 2.81 bits per heavy atom. The number of ether oxygens (including phenoxy) is 1. The summed E-state index contributed by atoms with van der Waals surface area (Å²) in [6.07, 6.45) is 8.80. The number of nitrogens with zero attached hydrogens (tertiary/aromatic N) is 3. The Bertz CT molecular complexity index is 787. The minimum atomic E-state index is -0.255. The third kappa shape index (κ3) is 3.33. The van der Waals surface area contributed by atoms with Gasteiger partial charge in [-0.05, 0) is 47.0 Å². The van der Waals surface area contributed by atoms with Crippen molar-refractivity contribution in [3.8, 4) is 0 Å². The molecule has 1 unspecified atom stereocenters. The molecule has 1 atom stereocenters. The van der Waals surface area contributed by atoms with E-state index >= 15 is 0 Å². The van der Waals surface area contributed by atoms with Crippen LogP contribution in [0.25, 0.3) is 0 Å². The van der Waals surface area contributed by atoms with Crippen LogP contribution in [0, 0.1) is 11.3 Å². The van der Waals surface area contributed by atoms with Gasteiger partial charge in [-0.2, -0.15) is 0 Å². The summed E-state index contributed by atoms with van der Waals surface area (Å²) in [5, 5.41) is 2.99. The van der Waals surface area contributed by atoms with E-state index in [0.717, 1.165) is 36.1 Å². The summed E-state index contributed by atoms with van der Waals surface area (Å²) in [6, 6.07) is 5.62. The van der Waals surface area contributed by atoms with Crippen molar-refractivity contribution in [2.24, 2.45) is 11.3 Å². The Morgan fingerprint density at radius 2 is 2.15 bits per heavy atom. The number of halogens is 1. The fourth-order valence-electron chi connectivity index (χ4n) is 4.12. The van der Waals surface area contributed by atoms with E-state index in [4.69, 9.17) is 4.74 Å². The molecule has 6 nitrogen and oxygen atoms in total. The van der Waals surface area contributed by atoms with Gasteiger partial charge in [-0.25, -0.2) is 0 Å². The molecule has 136 valence electrons. The first-order chi connectivity index (χ1) is 12.6. The number of amides is 1. The minimum absolute atomic E-state index is 0.138. The second-order valence-electron chi connectivity index (χ2n) is 7.26. The van der Waals surface area contributed by atoms with Crippen LogP contribution in [0.2, 0.25) is 0 Å². The summed E-state index contributed by atoms with van der Waals surface area (Å²) < 4.78 is 6.55. The zero-order valence-corrected chi connectivity index (χ0v) is 16.1. The maximum absolute atomic E-state index is 12.3. The molecule has 7 heteroatoms. The Labute approximate surface area is 161 Å². The lowest BCUT2D eigenvalue weighted by molar-refractivity contribution is -0.0754. The molecule has 1 spiro atoms. The van der Waals surface area contributed by atoms with Gasteiger partial charge in [0.2, 0.25) is 0 Å². The van der Waals surface area contributed by atoms with Gasteiger partial charge in [0.15, 0.2) is 0 Å². The highest BCUT2D eigenvalue weighted by atomic mass is 79.9. The fraction of sp³-hybridized carbons (Fsp3) is 0.421. The van der Waals surface area contributed by atoms with Gasteiger partial charge in [0.1, 0.15) is 6.23 Å². The molecule has 0 radical (unpaired) electrons. The van der Waals surface area contributed by atoms with Crippen molar-refractivity contribution < 1.29 is 9.53 Å². The van der Waals surface area contributed by atoms with Crippen LogP contribution in [-0.2, 0) is 4.74 Å². The topological polar surface area (TPSA) is 67.3 Å². The lowest BCUT2D eigenvalue weighted by Gasteiger charge is -2.60. The van der Waals surface area contributed by atoms with Crippen molar-refractivity contribution in [3.05, 3.63) is 53.0 Å². The molecule has 1 saturated carbocycles. The number of methoxy groups -OCH3 is 1. The van der Waals surface area contributed by atoms with Crippen LogP contribution in [0.5, 0.6) is 0 Å². The lowest BCUT2D eigenvalue weighted by atomic mass is 9.57. The molecule has 1 amide bonds. The molecule has 2 aromatic heterocycles. The van der Waals surface area contributed by atoms with Gasteiger partial charge in [-0.1, -0.05) is 0 Å². The Morgan fingerprint density at radius 1 is 1.35 bits per heavy atom. The van der Waals surface area contributed by atoms with Gasteiger partial charge < -0.3 is 15.0 Å². The first kappa shape index (κ1) is 17.4. The van der Waals surface area contributed by atoms with Gasteiger partial charge in [0.25, 0.3) is 5.91 Å². The first-order valence-corrected chi connectivity index (χ1v) is 9.47. The van der Waals surface area contributed by atoms with E-state index in [1.165, 1.54) is 0 Å². The highest BCUT2D eigenvalue weighted by molar-refractivity contribution is 9.10. The summed E-state index contributed by atoms with van der Waals surface area (Å²) in [7, 11) is 1.65. The number of aromatic nitrogens is 2. The highest BCUT2D eigenvalue weighted by Gasteiger charge is 2.54. The number of carbonyl (C=O) groups excluding carboxylic acids is 1. The quantitative estimate of drug-likeness (QED) is 0.758. The monoisotopic (exact) mass is 416 g/mol. The largest absolute Gasteiger partial charge is 0.369 e. The third-order valence-electron chi connectivity index (χ3n) is 5.38. The van der Waals surface area contributed by atoms with Crippen molar-refractivity contribution >= 4 is 27.5 Å². The maximum atomic E-state index is 12.3. The van der Waals surface area contributed by atoms with Gasteiger partial charge >= 0.3 is 0 Å². The van der Waals surface area contributed by atoms with Crippen LogP contribution in [0.15, 0.2) is 47.5 Å². The Balaban J connectivity index is 1.30. The average Bonchev–Trinajstić information content (AvgIpc) is 2.59. The predicted molar refractivity (Wildman–Crippen MR) is 102 cm³/mol. The fourth-order valence-corrected chi connectivity index (χ4v) is 4.48. The Hall–Kier alpha value is -1.99. The molecule has 26 heavy (non-hydrogen) atoms. The SMILES string of the molecule is COC(NC(=O)c1cccnc1)C1CC2(C1)CN(c1cncc(Br)c1)C2. The van der Waals surface area contributed by atoms with Crippen LogP contribution in [-0.4, -0.2) is 42.3 Å². The number of hydrogen-bond acceptors (Lipinski definition) is 5. The van der Waals surface area contributed by atoms with Crippen molar-refractivity contribution in [1.82, 2.24) is 15.3 Å². The van der Waals surface area contributed by atoms with E-state index in [-0.39, 0.29) is 12.1 Å². The maximum Gasteiger partial charge on any atom is 0.254 e. The van der Waals surface area contributed by atoms with Crippen LogP contribution in [0.1, 0.15) is 23.2 Å². The van der Waals surface area contributed by atoms with Crippen LogP contribution in [0.4, 0.5) is 5.69 Å². The van der Waals surface area contributed by atoms with E-state index in [0.29, 0.717) is 16.9 Å². The summed E-state index contributed by atoms with van der Waals surface area (Å²) in [5.74, 6) is 0.213. The van der Waals surface area contributed by atoms with Gasteiger partial charge in [0, 0.05) is 54.6 Å². The standard InChI is InChI=1S/C19H21BrN4O2/c1-26-18(23-17(25)13-3-2-4-21-8-13)14-6-19(7-14)11-24(12-19)16-5-15(20)9-22-10-16/h2-5,8-10,14,18H,6-7,11-12H2,1H3,(H,23,25). The molecule has 0 bridgehead atoms. The molecule has 2 aromatic rings. The molecule has 1 aliphatic heterocycles. The summed E-state index contributed by atoms with van der Waals surface area (Å²) in [5.41, 5.74) is 2.06. The van der Waals surface area contributed by atoms with Gasteiger partial charge in [-0.15, -0.1) is 0 Å². The lowest BCUT2D eigenvalue weighted by Crippen LogP contribution is -2.65. The highest BCUT2D eigenvalue weighted by Crippen LogP contribution is 2.54. The molecule has 2 fully saturated rings. The molecular weight excluding hydrogens is 396 g/mol. The van der Waals surface area contributed by atoms with Crippen molar-refractivity contribution in [2.75, 3.05) is 25.1 Å². The number of pyridine rings is 2. The second-order valence-corrected chi connectivity index (χ2v) is 8.17. The molecule has 3 heterocycles. The van der Waals surface area contributed by atoms with Crippen LogP contribution >= 0.6 is 15.9 Å². The Kier molecular flexibility index (Phi) is 4.67. The molecule has 1 aliphatic carbocycles. The number of carbonyl (C=O) groups is 1. The van der Waals surface area contributed by atoms with E-state index < -0.39 is 0 Å². The van der Waals surface area contributed by atoms with Crippen molar-refractivity contribution in [3.63, 3.8) is 0 Å². The summed E-state index contributed by atoms with van der Waals surface area (Å²) in [6.45, 7) is 2.07. The van der Waals surface area contributed by atoms with Gasteiger partial charge in [-0.3, -0.25) is 14.8 Å². The third-order valence-corrected chi connectivity index (χ3v) is 5.81. The molecule has 1 saturated heterocycles. The van der Waals surface area contributed by atoms with E-state index in [1.807, 2.05) is 6.20 Å². The smallest absolute Gasteiger partial charge is 0.254 e. The average molecular weight is 417 g/mol.